The maximum atomic E-state index is 3.52. The van der Waals surface area contributed by atoms with Gasteiger partial charge in [-0.25, -0.2) is 0 Å². The van der Waals surface area contributed by atoms with Gasteiger partial charge < -0.3 is 4.57 Å². The van der Waals surface area contributed by atoms with Gasteiger partial charge in [-0.1, -0.05) is 53.0 Å². The normalized spacial score (nSPS) is 11.3. The Kier molecular flexibility index (Phi) is 4.91. The van der Waals surface area contributed by atoms with Crippen LogP contribution in [0.3, 0.4) is 0 Å². The number of benzene rings is 2. The van der Waals surface area contributed by atoms with Gasteiger partial charge in [-0.3, -0.25) is 0 Å². The summed E-state index contributed by atoms with van der Waals surface area (Å²) < 4.78 is 3.68. The molecule has 120 valence electrons. The Morgan fingerprint density at radius 1 is 1.00 bits per heavy atom. The van der Waals surface area contributed by atoms with Gasteiger partial charge in [-0.05, 0) is 55.7 Å². The number of halogens is 1. The van der Waals surface area contributed by atoms with Crippen LogP contribution in [0.15, 0.2) is 46.9 Å². The Balaban J connectivity index is 2.07. The summed E-state index contributed by atoms with van der Waals surface area (Å²) in [5, 5.41) is 1.38. The van der Waals surface area contributed by atoms with E-state index in [9.17, 15) is 0 Å². The standard InChI is InChI=1S/C21H24BrN/c1-4-5-10-23-20(13-17-6-8-19(22)9-7-17)14-18-12-15(2)11-16(3)21(18)23/h6-9,11-12,14H,4-5,10,13H2,1-3H3. The van der Waals surface area contributed by atoms with Crippen molar-refractivity contribution >= 4 is 26.8 Å². The molecule has 0 fully saturated rings. The largest absolute Gasteiger partial charge is 0.344 e. The van der Waals surface area contributed by atoms with Crippen molar-refractivity contribution in [2.75, 3.05) is 0 Å². The van der Waals surface area contributed by atoms with Gasteiger partial charge in [0.2, 0.25) is 0 Å². The van der Waals surface area contributed by atoms with Crippen LogP contribution in [0, 0.1) is 13.8 Å². The van der Waals surface area contributed by atoms with Gasteiger partial charge in [-0.2, -0.15) is 0 Å². The number of fused-ring (bicyclic) bond motifs is 1. The topological polar surface area (TPSA) is 4.93 Å². The molecule has 0 aliphatic rings. The van der Waals surface area contributed by atoms with Gasteiger partial charge in [0, 0.05) is 28.5 Å². The van der Waals surface area contributed by atoms with Crippen LogP contribution < -0.4 is 0 Å². The van der Waals surface area contributed by atoms with E-state index in [0.29, 0.717) is 0 Å². The molecule has 0 spiro atoms. The number of aromatic nitrogens is 1. The highest BCUT2D eigenvalue weighted by atomic mass is 79.9. The van der Waals surface area contributed by atoms with Gasteiger partial charge >= 0.3 is 0 Å². The highest BCUT2D eigenvalue weighted by Crippen LogP contribution is 2.27. The molecule has 0 aliphatic heterocycles. The third-order valence-corrected chi connectivity index (χ3v) is 4.98. The minimum absolute atomic E-state index is 0.990. The number of rotatable bonds is 5. The molecule has 0 amide bonds. The molecule has 0 saturated heterocycles. The van der Waals surface area contributed by atoms with Gasteiger partial charge in [-0.15, -0.1) is 0 Å². The predicted molar refractivity (Wildman–Crippen MR) is 103 cm³/mol. The molecule has 0 aliphatic carbocycles. The van der Waals surface area contributed by atoms with E-state index in [4.69, 9.17) is 0 Å². The van der Waals surface area contributed by atoms with Crippen LogP contribution in [-0.2, 0) is 13.0 Å². The molecule has 2 heteroatoms. The molecule has 1 nitrogen and oxygen atoms in total. The first-order chi connectivity index (χ1) is 11.1. The van der Waals surface area contributed by atoms with Crippen molar-refractivity contribution in [2.45, 2.75) is 46.6 Å². The van der Waals surface area contributed by atoms with Crippen molar-refractivity contribution in [2.24, 2.45) is 0 Å². The number of nitrogens with zero attached hydrogens (tertiary/aromatic N) is 1. The molecule has 0 atom stereocenters. The first-order valence-corrected chi connectivity index (χ1v) is 9.21. The molecule has 23 heavy (non-hydrogen) atoms. The first-order valence-electron chi connectivity index (χ1n) is 8.42. The van der Waals surface area contributed by atoms with Crippen molar-refractivity contribution in [3.63, 3.8) is 0 Å². The van der Waals surface area contributed by atoms with E-state index in [0.717, 1.165) is 17.4 Å². The Morgan fingerprint density at radius 2 is 1.74 bits per heavy atom. The lowest BCUT2D eigenvalue weighted by Gasteiger charge is -2.12. The molecular formula is C21H24BrN. The van der Waals surface area contributed by atoms with E-state index in [1.165, 1.54) is 46.1 Å². The van der Waals surface area contributed by atoms with Crippen LogP contribution in [0.5, 0.6) is 0 Å². The van der Waals surface area contributed by atoms with Crippen molar-refractivity contribution in [1.82, 2.24) is 4.57 Å². The fraction of sp³-hybridized carbons (Fsp3) is 0.333. The predicted octanol–water partition coefficient (Wildman–Crippen LogP) is 6.41. The van der Waals surface area contributed by atoms with E-state index in [1.807, 2.05) is 0 Å². The second kappa shape index (κ2) is 6.92. The van der Waals surface area contributed by atoms with E-state index < -0.39 is 0 Å². The molecular weight excluding hydrogens is 346 g/mol. The van der Waals surface area contributed by atoms with Gasteiger partial charge in [0.25, 0.3) is 0 Å². The number of aryl methyl sites for hydroxylation is 3. The second-order valence-corrected chi connectivity index (χ2v) is 7.38. The fourth-order valence-corrected chi connectivity index (χ4v) is 3.67. The fourth-order valence-electron chi connectivity index (χ4n) is 3.40. The Bertz CT molecular complexity index is 812. The molecule has 0 bridgehead atoms. The zero-order valence-corrected chi connectivity index (χ0v) is 15.8. The summed E-state index contributed by atoms with van der Waals surface area (Å²) in [7, 11) is 0. The third-order valence-electron chi connectivity index (χ3n) is 4.45. The molecule has 3 rings (SSSR count). The van der Waals surface area contributed by atoms with Crippen molar-refractivity contribution < 1.29 is 0 Å². The molecule has 3 aromatic rings. The van der Waals surface area contributed by atoms with Crippen LogP contribution >= 0.6 is 15.9 Å². The third kappa shape index (κ3) is 3.53. The second-order valence-electron chi connectivity index (χ2n) is 6.46. The molecule has 1 heterocycles. The number of hydrogen-bond donors (Lipinski definition) is 0. The van der Waals surface area contributed by atoms with Crippen molar-refractivity contribution in [3.8, 4) is 0 Å². The molecule has 0 saturated carbocycles. The van der Waals surface area contributed by atoms with Crippen LogP contribution in [0.1, 0.15) is 42.1 Å². The summed E-state index contributed by atoms with van der Waals surface area (Å²) in [6, 6.07) is 15.7. The zero-order valence-electron chi connectivity index (χ0n) is 14.2. The minimum atomic E-state index is 0.990. The summed E-state index contributed by atoms with van der Waals surface area (Å²) in [5.74, 6) is 0. The smallest absolute Gasteiger partial charge is 0.0512 e. The Morgan fingerprint density at radius 3 is 2.43 bits per heavy atom. The Hall–Kier alpha value is -1.54. The van der Waals surface area contributed by atoms with E-state index in [-0.39, 0.29) is 0 Å². The number of unbranched alkanes of at least 4 members (excludes halogenated alkanes) is 1. The summed E-state index contributed by atoms with van der Waals surface area (Å²) in [4.78, 5) is 0. The molecule has 0 unspecified atom stereocenters. The molecule has 2 aromatic carbocycles. The van der Waals surface area contributed by atoms with Gasteiger partial charge in [0.05, 0.1) is 5.52 Å². The molecule has 0 radical (unpaired) electrons. The maximum Gasteiger partial charge on any atom is 0.0512 e. The van der Waals surface area contributed by atoms with E-state index in [1.54, 1.807) is 0 Å². The number of hydrogen-bond acceptors (Lipinski definition) is 0. The SMILES string of the molecule is CCCCn1c(Cc2ccc(Br)cc2)cc2cc(C)cc(C)c21. The monoisotopic (exact) mass is 369 g/mol. The minimum Gasteiger partial charge on any atom is -0.344 e. The highest BCUT2D eigenvalue weighted by Gasteiger charge is 2.12. The average Bonchev–Trinajstić information content (AvgIpc) is 2.84. The highest BCUT2D eigenvalue weighted by molar-refractivity contribution is 9.10. The Labute approximate surface area is 147 Å². The van der Waals surface area contributed by atoms with Gasteiger partial charge in [0.1, 0.15) is 0 Å². The summed E-state index contributed by atoms with van der Waals surface area (Å²) in [6.45, 7) is 7.79. The lowest BCUT2D eigenvalue weighted by molar-refractivity contribution is 0.630. The maximum absolute atomic E-state index is 3.52. The van der Waals surface area contributed by atoms with Crippen LogP contribution in [0.2, 0.25) is 0 Å². The van der Waals surface area contributed by atoms with E-state index >= 15 is 0 Å². The average molecular weight is 370 g/mol. The summed E-state index contributed by atoms with van der Waals surface area (Å²) in [6.07, 6.45) is 3.44. The first kappa shape index (κ1) is 16.3. The quantitative estimate of drug-likeness (QED) is 0.489. The van der Waals surface area contributed by atoms with Crippen molar-refractivity contribution in [1.29, 1.82) is 0 Å². The summed E-state index contributed by atoms with van der Waals surface area (Å²) in [5.41, 5.74) is 6.93. The lowest BCUT2D eigenvalue weighted by Crippen LogP contribution is -2.04. The lowest BCUT2D eigenvalue weighted by atomic mass is 10.1. The summed E-state index contributed by atoms with van der Waals surface area (Å²) >= 11 is 3.52. The van der Waals surface area contributed by atoms with Gasteiger partial charge in [0.15, 0.2) is 0 Å². The van der Waals surface area contributed by atoms with E-state index in [2.05, 4.69) is 83.7 Å². The van der Waals surface area contributed by atoms with Crippen LogP contribution in [-0.4, -0.2) is 4.57 Å². The van der Waals surface area contributed by atoms with Crippen molar-refractivity contribution in [3.05, 3.63) is 69.3 Å². The molecule has 0 N–H and O–H groups in total. The zero-order chi connectivity index (χ0) is 16.4. The molecule has 1 aromatic heterocycles. The van der Waals surface area contributed by atoms with Crippen LogP contribution in [0.4, 0.5) is 0 Å². The van der Waals surface area contributed by atoms with Crippen LogP contribution in [0.25, 0.3) is 10.9 Å².